The van der Waals surface area contributed by atoms with Gasteiger partial charge in [-0.15, -0.1) is 0 Å². The van der Waals surface area contributed by atoms with Gasteiger partial charge in [-0.1, -0.05) is 243 Å². The Bertz CT molecular complexity index is 5300. The van der Waals surface area contributed by atoms with Gasteiger partial charge in [0, 0.05) is 73.0 Å². The minimum Gasteiger partial charge on any atom is -0.310 e. The molecule has 4 nitrogen and oxygen atoms in total. The summed E-state index contributed by atoms with van der Waals surface area (Å²) in [4.78, 5) is 9.79. The van der Waals surface area contributed by atoms with E-state index in [0.29, 0.717) is 0 Å². The van der Waals surface area contributed by atoms with Crippen LogP contribution in [0.5, 0.6) is 0 Å². The Morgan fingerprint density at radius 3 is 0.713 bits per heavy atom. The Morgan fingerprint density at radius 2 is 0.426 bits per heavy atom. The van der Waals surface area contributed by atoms with Gasteiger partial charge in [-0.2, -0.15) is 0 Å². The van der Waals surface area contributed by atoms with E-state index in [2.05, 4.69) is 391 Å². The maximum Gasteiger partial charge on any atom is 0.0540 e. The molecule has 17 rings (SSSR count). The monoisotopic (exact) mass is 1200 g/mol. The average Bonchev–Trinajstić information content (AvgIpc) is 1.56. The Kier molecular flexibility index (Phi) is 14.2. The lowest BCUT2D eigenvalue weighted by Crippen LogP contribution is -2.13. The zero-order valence-corrected chi connectivity index (χ0v) is 52.0. The molecule has 16 aromatic rings. The number of aryl methyl sites for hydroxylation is 1. The van der Waals surface area contributed by atoms with Crippen LogP contribution in [0.25, 0.3) is 65.3 Å². The summed E-state index contributed by atoms with van der Waals surface area (Å²) in [5, 5.41) is 9.50. The fourth-order valence-corrected chi connectivity index (χ4v) is 14.7. The minimum atomic E-state index is -0.268. The van der Waals surface area contributed by atoms with Crippen LogP contribution in [0.1, 0.15) is 28.2 Å². The molecule has 0 aliphatic heterocycles. The fourth-order valence-electron chi connectivity index (χ4n) is 14.7. The number of anilines is 12. The summed E-state index contributed by atoms with van der Waals surface area (Å²) < 4.78 is 0. The summed E-state index contributed by atoms with van der Waals surface area (Å²) in [6.07, 6.45) is 0. The molecule has 16 aromatic carbocycles. The minimum absolute atomic E-state index is 0.268. The largest absolute Gasteiger partial charge is 0.310 e. The first-order chi connectivity index (χ1) is 46.6. The second-order valence-electron chi connectivity index (χ2n) is 24.4. The number of rotatable bonds is 14. The van der Waals surface area contributed by atoms with Crippen molar-refractivity contribution < 1.29 is 0 Å². The Balaban J connectivity index is 0.942. The van der Waals surface area contributed by atoms with Gasteiger partial charge in [0.15, 0.2) is 0 Å². The molecule has 0 aromatic heterocycles. The highest BCUT2D eigenvalue weighted by Gasteiger charge is 2.35. The van der Waals surface area contributed by atoms with Crippen LogP contribution in [0, 0.1) is 6.92 Å². The van der Waals surface area contributed by atoms with Crippen LogP contribution in [-0.4, -0.2) is 0 Å². The standard InChI is InChI=1S/C90H64N4/c1-62-58-71(91(67-34-6-2-7-35-67)86-46-22-30-63-26-14-18-42-76(63)86)50-54-75(62)80-55-51-72(92(68-36-8-3-9-37-68)87-47-23-31-64-27-15-19-43-77(64)87)59-83(80)90-84-60-73(93(69-38-10-4-11-39-69)88-48-24-32-65-28-16-20-44-78(65)88)52-56-81(84)82-57-53-74(61-85(82)90)94(70-40-12-5-13-41-70)89-49-25-33-66-29-17-21-45-79(66)89/h2-61,90H,1H3. The molecule has 0 amide bonds. The predicted molar refractivity (Wildman–Crippen MR) is 398 cm³/mol. The van der Waals surface area contributed by atoms with Crippen molar-refractivity contribution in [2.45, 2.75) is 12.8 Å². The Labute approximate surface area is 549 Å². The highest BCUT2D eigenvalue weighted by Crippen LogP contribution is 2.56. The van der Waals surface area contributed by atoms with Crippen molar-refractivity contribution in [3.05, 3.63) is 386 Å². The number of benzene rings is 16. The van der Waals surface area contributed by atoms with Crippen LogP contribution in [0.15, 0.2) is 364 Å². The first-order valence-electron chi connectivity index (χ1n) is 32.4. The average molecular weight is 1200 g/mol. The van der Waals surface area contributed by atoms with E-state index in [-0.39, 0.29) is 5.92 Å². The van der Waals surface area contributed by atoms with Gasteiger partial charge in [0.2, 0.25) is 0 Å². The Hall–Kier alpha value is -12.2. The number of fused-ring (bicyclic) bond motifs is 7. The second kappa shape index (κ2) is 23.9. The molecule has 0 unspecified atom stereocenters. The van der Waals surface area contributed by atoms with E-state index >= 15 is 0 Å². The molecule has 0 atom stereocenters. The number of hydrogen-bond acceptors (Lipinski definition) is 4. The van der Waals surface area contributed by atoms with E-state index in [0.717, 1.165) is 73.8 Å². The van der Waals surface area contributed by atoms with Crippen molar-refractivity contribution >= 4 is 111 Å². The zero-order valence-electron chi connectivity index (χ0n) is 52.0. The topological polar surface area (TPSA) is 13.0 Å². The zero-order chi connectivity index (χ0) is 62.5. The van der Waals surface area contributed by atoms with Gasteiger partial charge < -0.3 is 19.6 Å². The first-order valence-corrected chi connectivity index (χ1v) is 32.4. The smallest absolute Gasteiger partial charge is 0.0540 e. The molecule has 0 bridgehead atoms. The van der Waals surface area contributed by atoms with E-state index < -0.39 is 0 Å². The lowest BCUT2D eigenvalue weighted by Gasteiger charge is -2.31. The lowest BCUT2D eigenvalue weighted by molar-refractivity contribution is 1.01. The van der Waals surface area contributed by atoms with Crippen molar-refractivity contribution in [1.29, 1.82) is 0 Å². The van der Waals surface area contributed by atoms with Crippen molar-refractivity contribution in [2.24, 2.45) is 0 Å². The molecule has 444 valence electrons. The molecular formula is C90H64N4. The van der Waals surface area contributed by atoms with Crippen LogP contribution in [0.2, 0.25) is 0 Å². The van der Waals surface area contributed by atoms with Gasteiger partial charge in [-0.3, -0.25) is 0 Å². The summed E-state index contributed by atoms with van der Waals surface area (Å²) >= 11 is 0. The second-order valence-corrected chi connectivity index (χ2v) is 24.4. The van der Waals surface area contributed by atoms with E-state index in [1.165, 1.54) is 82.0 Å². The van der Waals surface area contributed by atoms with Crippen LogP contribution in [-0.2, 0) is 0 Å². The van der Waals surface area contributed by atoms with E-state index in [4.69, 9.17) is 0 Å². The molecule has 0 spiro atoms. The van der Waals surface area contributed by atoms with Crippen LogP contribution < -0.4 is 19.6 Å². The molecule has 0 saturated heterocycles. The van der Waals surface area contributed by atoms with Gasteiger partial charge >= 0.3 is 0 Å². The third-order valence-electron chi connectivity index (χ3n) is 18.9. The van der Waals surface area contributed by atoms with Crippen LogP contribution >= 0.6 is 0 Å². The van der Waals surface area contributed by atoms with Crippen molar-refractivity contribution in [3.63, 3.8) is 0 Å². The molecule has 94 heavy (non-hydrogen) atoms. The molecule has 0 N–H and O–H groups in total. The molecule has 0 saturated carbocycles. The summed E-state index contributed by atoms with van der Waals surface area (Å²) in [6.45, 7) is 2.30. The maximum absolute atomic E-state index is 2.52. The quantitative estimate of drug-likeness (QED) is 0.108. The van der Waals surface area contributed by atoms with Gasteiger partial charge in [-0.05, 0) is 194 Å². The molecule has 1 aliphatic rings. The van der Waals surface area contributed by atoms with Gasteiger partial charge in [0.25, 0.3) is 0 Å². The normalized spacial score (nSPS) is 11.8. The highest BCUT2D eigenvalue weighted by atomic mass is 15.2. The van der Waals surface area contributed by atoms with Crippen LogP contribution in [0.3, 0.4) is 0 Å². The summed E-state index contributed by atoms with van der Waals surface area (Å²) in [6, 6.07) is 134. The third kappa shape index (κ3) is 9.88. The first kappa shape index (κ1) is 55.8. The van der Waals surface area contributed by atoms with Crippen molar-refractivity contribution in [2.75, 3.05) is 19.6 Å². The van der Waals surface area contributed by atoms with Gasteiger partial charge in [0.05, 0.1) is 22.7 Å². The SMILES string of the molecule is Cc1cc(N(c2ccccc2)c2cccc3ccccc23)ccc1-c1ccc(N(c2ccccc2)c2cccc3ccccc23)cc1C1c2cc(N(c3ccccc3)c3cccc4ccccc34)ccc2-c2ccc(N(c3ccccc3)c3cccc4ccccc34)cc21. The van der Waals surface area contributed by atoms with E-state index in [1.807, 2.05) is 0 Å². The molecule has 0 heterocycles. The maximum atomic E-state index is 2.52. The lowest BCUT2D eigenvalue weighted by atomic mass is 9.82. The summed E-state index contributed by atoms with van der Waals surface area (Å²) in [7, 11) is 0. The van der Waals surface area contributed by atoms with E-state index in [1.54, 1.807) is 0 Å². The van der Waals surface area contributed by atoms with Crippen LogP contribution in [0.4, 0.5) is 68.2 Å². The van der Waals surface area contributed by atoms with Crippen molar-refractivity contribution in [3.8, 4) is 22.3 Å². The van der Waals surface area contributed by atoms with E-state index in [9.17, 15) is 0 Å². The predicted octanol–water partition coefficient (Wildman–Crippen LogP) is 25.3. The third-order valence-corrected chi connectivity index (χ3v) is 18.9. The van der Waals surface area contributed by atoms with Gasteiger partial charge in [0.1, 0.15) is 0 Å². The van der Waals surface area contributed by atoms with Gasteiger partial charge in [-0.25, -0.2) is 0 Å². The molecule has 0 fully saturated rings. The molecule has 4 heteroatoms. The summed E-state index contributed by atoms with van der Waals surface area (Å²) in [5.74, 6) is -0.268. The van der Waals surface area contributed by atoms with Crippen molar-refractivity contribution in [1.82, 2.24) is 0 Å². The highest BCUT2D eigenvalue weighted by molar-refractivity contribution is 6.04. The molecular weight excluding hydrogens is 1140 g/mol. The number of hydrogen-bond donors (Lipinski definition) is 0. The summed E-state index contributed by atoms with van der Waals surface area (Å²) in [5.41, 5.74) is 22.7. The molecule has 1 aliphatic carbocycles. The number of para-hydroxylation sites is 4. The fraction of sp³-hybridized carbons (Fsp3) is 0.0222. The number of nitrogens with zero attached hydrogens (tertiary/aromatic N) is 4. The Morgan fingerprint density at radius 1 is 0.191 bits per heavy atom. The molecule has 0 radical (unpaired) electrons.